The Morgan fingerprint density at radius 3 is 2.86 bits per heavy atom. The highest BCUT2D eigenvalue weighted by Crippen LogP contribution is 2.26. The molecule has 5 nitrogen and oxygen atoms in total. The van der Waals surface area contributed by atoms with Gasteiger partial charge < -0.3 is 14.1 Å². The van der Waals surface area contributed by atoms with Gasteiger partial charge in [0.15, 0.2) is 5.58 Å². The standard InChI is InChI=1S/C15H15N3O2S/c1-2-4-13-12(3-1)17-14(20-13)18-8-5-11(6-9-18)19-15-16-7-10-21-15/h1-4,7,10-11H,5-6,8-9H2. The van der Waals surface area contributed by atoms with Crippen molar-refractivity contribution in [2.45, 2.75) is 18.9 Å². The first-order valence-corrected chi connectivity index (χ1v) is 7.93. The van der Waals surface area contributed by atoms with Crippen molar-refractivity contribution < 1.29 is 9.15 Å². The third kappa shape index (κ3) is 2.58. The summed E-state index contributed by atoms with van der Waals surface area (Å²) in [5.74, 6) is 0. The SMILES string of the molecule is c1ccc2oc(N3CCC(Oc4nccs4)CC3)nc2c1. The van der Waals surface area contributed by atoms with Crippen LogP contribution in [-0.4, -0.2) is 29.2 Å². The number of para-hydroxylation sites is 2. The summed E-state index contributed by atoms with van der Waals surface area (Å²) in [4.78, 5) is 10.9. The van der Waals surface area contributed by atoms with Crippen LogP contribution >= 0.6 is 11.3 Å². The Labute approximate surface area is 126 Å². The van der Waals surface area contributed by atoms with Crippen LogP contribution in [0.1, 0.15) is 12.8 Å². The molecule has 0 aliphatic carbocycles. The summed E-state index contributed by atoms with van der Waals surface area (Å²) >= 11 is 1.54. The molecule has 1 aliphatic heterocycles. The second-order valence-corrected chi connectivity index (χ2v) is 5.92. The van der Waals surface area contributed by atoms with Crippen molar-refractivity contribution in [2.24, 2.45) is 0 Å². The van der Waals surface area contributed by atoms with Gasteiger partial charge in [0.1, 0.15) is 11.6 Å². The number of ether oxygens (including phenoxy) is 1. The van der Waals surface area contributed by atoms with Crippen LogP contribution in [0.15, 0.2) is 40.3 Å². The van der Waals surface area contributed by atoms with E-state index in [4.69, 9.17) is 9.15 Å². The van der Waals surface area contributed by atoms with Gasteiger partial charge in [-0.1, -0.05) is 23.5 Å². The molecule has 1 aliphatic rings. The zero-order chi connectivity index (χ0) is 14.1. The summed E-state index contributed by atoms with van der Waals surface area (Å²) < 4.78 is 11.7. The van der Waals surface area contributed by atoms with Gasteiger partial charge in [0, 0.05) is 37.5 Å². The van der Waals surface area contributed by atoms with Crippen LogP contribution in [0.25, 0.3) is 11.1 Å². The highest BCUT2D eigenvalue weighted by Gasteiger charge is 2.24. The maximum atomic E-state index is 5.87. The summed E-state index contributed by atoms with van der Waals surface area (Å²) in [6, 6.07) is 8.57. The van der Waals surface area contributed by atoms with E-state index in [1.165, 1.54) is 11.3 Å². The van der Waals surface area contributed by atoms with Gasteiger partial charge in [0.25, 0.3) is 11.2 Å². The quantitative estimate of drug-likeness (QED) is 0.742. The van der Waals surface area contributed by atoms with Crippen LogP contribution in [0.2, 0.25) is 0 Å². The number of oxazole rings is 1. The van der Waals surface area contributed by atoms with E-state index in [-0.39, 0.29) is 6.10 Å². The molecule has 1 fully saturated rings. The molecule has 0 bridgehead atoms. The Morgan fingerprint density at radius 1 is 1.24 bits per heavy atom. The number of rotatable bonds is 3. The third-order valence-electron chi connectivity index (χ3n) is 3.67. The number of fused-ring (bicyclic) bond motifs is 1. The predicted molar refractivity (Wildman–Crippen MR) is 82.0 cm³/mol. The minimum absolute atomic E-state index is 0.233. The van der Waals surface area contributed by atoms with E-state index in [0.29, 0.717) is 6.01 Å². The van der Waals surface area contributed by atoms with Crippen LogP contribution in [0.5, 0.6) is 5.19 Å². The molecule has 1 saturated heterocycles. The third-order valence-corrected chi connectivity index (χ3v) is 4.33. The molecule has 1 aromatic carbocycles. The Hall–Kier alpha value is -2.08. The maximum absolute atomic E-state index is 5.87. The normalized spacial score (nSPS) is 16.5. The Morgan fingerprint density at radius 2 is 2.10 bits per heavy atom. The molecule has 3 heterocycles. The molecule has 0 radical (unpaired) electrons. The summed E-state index contributed by atoms with van der Waals surface area (Å²) in [7, 11) is 0. The lowest BCUT2D eigenvalue weighted by atomic mass is 10.1. The van der Waals surface area contributed by atoms with Crippen LogP contribution in [0.3, 0.4) is 0 Å². The highest BCUT2D eigenvalue weighted by molar-refractivity contribution is 7.11. The topological polar surface area (TPSA) is 51.4 Å². The van der Waals surface area contributed by atoms with E-state index in [1.807, 2.05) is 29.6 Å². The average Bonchev–Trinajstić information content (AvgIpc) is 3.16. The first-order valence-electron chi connectivity index (χ1n) is 7.05. The molecule has 0 amide bonds. The zero-order valence-electron chi connectivity index (χ0n) is 11.4. The molecule has 6 heteroatoms. The van der Waals surface area contributed by atoms with Crippen molar-refractivity contribution in [1.29, 1.82) is 0 Å². The van der Waals surface area contributed by atoms with Crippen molar-refractivity contribution in [3.63, 3.8) is 0 Å². The molecule has 0 N–H and O–H groups in total. The lowest BCUT2D eigenvalue weighted by Crippen LogP contribution is -2.38. The van der Waals surface area contributed by atoms with Gasteiger partial charge in [0.2, 0.25) is 0 Å². The van der Waals surface area contributed by atoms with Gasteiger partial charge in [-0.2, -0.15) is 4.98 Å². The minimum atomic E-state index is 0.233. The number of aromatic nitrogens is 2. The van der Waals surface area contributed by atoms with Crippen molar-refractivity contribution in [3.8, 4) is 5.19 Å². The van der Waals surface area contributed by atoms with Crippen LogP contribution in [-0.2, 0) is 0 Å². The molecule has 0 saturated carbocycles. The molecule has 0 unspecified atom stereocenters. The van der Waals surface area contributed by atoms with Gasteiger partial charge in [-0.05, 0) is 12.1 Å². The molecular weight excluding hydrogens is 286 g/mol. The van der Waals surface area contributed by atoms with Gasteiger partial charge in [0.05, 0.1) is 0 Å². The fraction of sp³-hybridized carbons (Fsp3) is 0.333. The van der Waals surface area contributed by atoms with E-state index in [0.717, 1.165) is 42.2 Å². The monoisotopic (exact) mass is 301 g/mol. The van der Waals surface area contributed by atoms with Crippen LogP contribution < -0.4 is 9.64 Å². The number of nitrogens with zero attached hydrogens (tertiary/aromatic N) is 3. The number of piperidine rings is 1. The first kappa shape index (κ1) is 12.6. The largest absolute Gasteiger partial charge is 0.467 e. The summed E-state index contributed by atoms with van der Waals surface area (Å²) in [5, 5.41) is 2.69. The fourth-order valence-corrected chi connectivity index (χ4v) is 3.12. The molecule has 4 rings (SSSR count). The summed E-state index contributed by atoms with van der Waals surface area (Å²) in [5.41, 5.74) is 1.75. The first-order chi connectivity index (χ1) is 10.4. The van der Waals surface area contributed by atoms with E-state index in [9.17, 15) is 0 Å². The minimum Gasteiger partial charge on any atom is -0.467 e. The number of benzene rings is 1. The lowest BCUT2D eigenvalue weighted by molar-refractivity contribution is 0.168. The van der Waals surface area contributed by atoms with E-state index in [1.54, 1.807) is 6.20 Å². The molecule has 3 aromatic rings. The fourth-order valence-electron chi connectivity index (χ4n) is 2.57. The Kier molecular flexibility index (Phi) is 3.23. The smallest absolute Gasteiger partial charge is 0.298 e. The second-order valence-electron chi connectivity index (χ2n) is 5.07. The molecule has 0 atom stereocenters. The van der Waals surface area contributed by atoms with E-state index >= 15 is 0 Å². The Bertz CT molecular complexity index is 684. The summed E-state index contributed by atoms with van der Waals surface area (Å²) in [6.45, 7) is 1.78. The van der Waals surface area contributed by atoms with Crippen LogP contribution in [0, 0.1) is 0 Å². The van der Waals surface area contributed by atoms with Crippen LogP contribution in [0.4, 0.5) is 6.01 Å². The van der Waals surface area contributed by atoms with Gasteiger partial charge in [-0.3, -0.25) is 0 Å². The number of hydrogen-bond acceptors (Lipinski definition) is 6. The van der Waals surface area contributed by atoms with Crippen molar-refractivity contribution >= 4 is 28.5 Å². The lowest BCUT2D eigenvalue weighted by Gasteiger charge is -2.30. The van der Waals surface area contributed by atoms with E-state index < -0.39 is 0 Å². The highest BCUT2D eigenvalue weighted by atomic mass is 32.1. The van der Waals surface area contributed by atoms with Crippen molar-refractivity contribution in [3.05, 3.63) is 35.8 Å². The number of anilines is 1. The molecule has 2 aromatic heterocycles. The molecule has 108 valence electrons. The average molecular weight is 301 g/mol. The molecular formula is C15H15N3O2S. The summed E-state index contributed by atoms with van der Waals surface area (Å²) in [6.07, 6.45) is 3.92. The van der Waals surface area contributed by atoms with Crippen molar-refractivity contribution in [1.82, 2.24) is 9.97 Å². The molecule has 21 heavy (non-hydrogen) atoms. The molecule has 0 spiro atoms. The van der Waals surface area contributed by atoms with Gasteiger partial charge in [-0.15, -0.1) is 0 Å². The zero-order valence-corrected chi connectivity index (χ0v) is 12.3. The van der Waals surface area contributed by atoms with Gasteiger partial charge >= 0.3 is 0 Å². The predicted octanol–water partition coefficient (Wildman–Crippen LogP) is 3.33. The Balaban J connectivity index is 1.42. The van der Waals surface area contributed by atoms with E-state index in [2.05, 4.69) is 14.9 Å². The van der Waals surface area contributed by atoms with Gasteiger partial charge in [-0.25, -0.2) is 4.98 Å². The van der Waals surface area contributed by atoms with Crippen molar-refractivity contribution in [2.75, 3.05) is 18.0 Å². The second kappa shape index (κ2) is 5.37. The number of hydrogen-bond donors (Lipinski definition) is 0. The number of thiazole rings is 1. The maximum Gasteiger partial charge on any atom is 0.298 e.